The molecule has 0 aromatic carbocycles. The Morgan fingerprint density at radius 2 is 2.50 bits per heavy atom. The van der Waals surface area contributed by atoms with Gasteiger partial charge in [0.15, 0.2) is 0 Å². The van der Waals surface area contributed by atoms with Crippen molar-refractivity contribution in [3.8, 4) is 0 Å². The summed E-state index contributed by atoms with van der Waals surface area (Å²) >= 11 is 0. The van der Waals surface area contributed by atoms with Crippen LogP contribution in [0.3, 0.4) is 0 Å². The van der Waals surface area contributed by atoms with Gasteiger partial charge in [-0.2, -0.15) is 0 Å². The highest BCUT2D eigenvalue weighted by atomic mass is 16.1. The zero-order valence-corrected chi connectivity index (χ0v) is 9.99. The van der Waals surface area contributed by atoms with E-state index in [4.69, 9.17) is 0 Å². The summed E-state index contributed by atoms with van der Waals surface area (Å²) in [6, 6.07) is 0. The first-order chi connectivity index (χ1) is 7.65. The Balaban J connectivity index is 2.07. The highest BCUT2D eigenvalue weighted by Crippen LogP contribution is 2.26. The van der Waals surface area contributed by atoms with Crippen molar-refractivity contribution in [2.24, 2.45) is 5.41 Å². The zero-order valence-electron chi connectivity index (χ0n) is 9.99. The fraction of sp³-hybridized carbons (Fsp3) is 0.667. The molecule has 4 heteroatoms. The van der Waals surface area contributed by atoms with Gasteiger partial charge < -0.3 is 9.88 Å². The molecule has 1 saturated heterocycles. The molecule has 0 spiro atoms. The van der Waals surface area contributed by atoms with Crippen molar-refractivity contribution in [1.82, 2.24) is 14.9 Å². The van der Waals surface area contributed by atoms with Gasteiger partial charge in [-0.1, -0.05) is 6.92 Å². The summed E-state index contributed by atoms with van der Waals surface area (Å²) in [4.78, 5) is 16.5. The Labute approximate surface area is 96.1 Å². The van der Waals surface area contributed by atoms with E-state index in [0.717, 1.165) is 31.9 Å². The average Bonchev–Trinajstić information content (AvgIpc) is 2.87. The monoisotopic (exact) mass is 221 g/mol. The first-order valence-electron chi connectivity index (χ1n) is 5.90. The standard InChI is InChI=1S/C12H19N3O/c1-3-15-7-6-14-11(15)8-10(16)12(2)4-5-13-9-12/h6-7,13H,3-5,8-9H2,1-2H3. The van der Waals surface area contributed by atoms with Gasteiger partial charge in [0.05, 0.1) is 6.42 Å². The lowest BCUT2D eigenvalue weighted by atomic mass is 9.83. The molecule has 88 valence electrons. The molecule has 1 aromatic heterocycles. The minimum atomic E-state index is -0.190. The molecular weight excluding hydrogens is 202 g/mol. The van der Waals surface area contributed by atoms with Crippen molar-refractivity contribution >= 4 is 5.78 Å². The van der Waals surface area contributed by atoms with E-state index < -0.39 is 0 Å². The molecule has 0 bridgehead atoms. The second-order valence-electron chi connectivity index (χ2n) is 4.72. The van der Waals surface area contributed by atoms with Crippen LogP contribution in [-0.4, -0.2) is 28.4 Å². The lowest BCUT2D eigenvalue weighted by molar-refractivity contribution is -0.126. The molecule has 2 heterocycles. The van der Waals surface area contributed by atoms with Gasteiger partial charge >= 0.3 is 0 Å². The van der Waals surface area contributed by atoms with Gasteiger partial charge in [0.25, 0.3) is 0 Å². The molecule has 0 aliphatic carbocycles. The van der Waals surface area contributed by atoms with E-state index >= 15 is 0 Å². The van der Waals surface area contributed by atoms with Crippen LogP contribution in [0.2, 0.25) is 0 Å². The lowest BCUT2D eigenvalue weighted by Gasteiger charge is -2.20. The van der Waals surface area contributed by atoms with Gasteiger partial charge in [0, 0.05) is 30.9 Å². The van der Waals surface area contributed by atoms with E-state index in [1.165, 1.54) is 0 Å². The molecule has 0 amide bonds. The Hall–Kier alpha value is -1.16. The third kappa shape index (κ3) is 2.02. The minimum absolute atomic E-state index is 0.190. The molecule has 1 N–H and O–H groups in total. The lowest BCUT2D eigenvalue weighted by Crippen LogP contribution is -2.32. The molecule has 0 saturated carbocycles. The molecule has 1 aliphatic heterocycles. The van der Waals surface area contributed by atoms with Crippen LogP contribution >= 0.6 is 0 Å². The third-order valence-corrected chi connectivity index (χ3v) is 3.50. The predicted octanol–water partition coefficient (Wildman–Crippen LogP) is 1.01. The van der Waals surface area contributed by atoms with Crippen LogP contribution in [0.4, 0.5) is 0 Å². The Morgan fingerprint density at radius 3 is 3.12 bits per heavy atom. The van der Waals surface area contributed by atoms with Crippen molar-refractivity contribution in [2.75, 3.05) is 13.1 Å². The molecule has 1 fully saturated rings. The summed E-state index contributed by atoms with van der Waals surface area (Å²) in [5.41, 5.74) is -0.190. The maximum Gasteiger partial charge on any atom is 0.147 e. The van der Waals surface area contributed by atoms with Gasteiger partial charge in [0.2, 0.25) is 0 Å². The van der Waals surface area contributed by atoms with Crippen molar-refractivity contribution in [2.45, 2.75) is 33.2 Å². The minimum Gasteiger partial charge on any atom is -0.335 e. The van der Waals surface area contributed by atoms with Crippen LogP contribution in [0.1, 0.15) is 26.1 Å². The van der Waals surface area contributed by atoms with Gasteiger partial charge in [-0.05, 0) is 19.9 Å². The van der Waals surface area contributed by atoms with Gasteiger partial charge in [-0.15, -0.1) is 0 Å². The third-order valence-electron chi connectivity index (χ3n) is 3.50. The highest BCUT2D eigenvalue weighted by molar-refractivity contribution is 5.86. The number of nitrogens with zero attached hydrogens (tertiary/aromatic N) is 2. The fourth-order valence-corrected chi connectivity index (χ4v) is 2.21. The van der Waals surface area contributed by atoms with Crippen LogP contribution in [0, 0.1) is 5.41 Å². The number of imidazole rings is 1. The molecule has 1 atom stereocenters. The van der Waals surface area contributed by atoms with E-state index in [2.05, 4.69) is 24.1 Å². The Kier molecular flexibility index (Phi) is 3.10. The number of hydrogen-bond acceptors (Lipinski definition) is 3. The number of carbonyl (C=O) groups excluding carboxylic acids is 1. The molecule has 1 aromatic rings. The number of nitrogens with one attached hydrogen (secondary N) is 1. The van der Waals surface area contributed by atoms with Gasteiger partial charge in [0.1, 0.15) is 11.6 Å². The maximum absolute atomic E-state index is 12.2. The Morgan fingerprint density at radius 1 is 1.69 bits per heavy atom. The van der Waals surface area contributed by atoms with E-state index in [0.29, 0.717) is 12.2 Å². The van der Waals surface area contributed by atoms with Crippen molar-refractivity contribution in [3.05, 3.63) is 18.2 Å². The van der Waals surface area contributed by atoms with Crippen LogP contribution in [0.25, 0.3) is 0 Å². The summed E-state index contributed by atoms with van der Waals surface area (Å²) in [5, 5.41) is 3.25. The molecular formula is C12H19N3O. The van der Waals surface area contributed by atoms with Crippen molar-refractivity contribution in [1.29, 1.82) is 0 Å². The average molecular weight is 221 g/mol. The number of carbonyl (C=O) groups is 1. The second-order valence-corrected chi connectivity index (χ2v) is 4.72. The molecule has 16 heavy (non-hydrogen) atoms. The topological polar surface area (TPSA) is 46.9 Å². The number of aromatic nitrogens is 2. The zero-order chi connectivity index (χ0) is 11.6. The summed E-state index contributed by atoms with van der Waals surface area (Å²) < 4.78 is 2.03. The molecule has 1 unspecified atom stereocenters. The summed E-state index contributed by atoms with van der Waals surface area (Å²) in [5.74, 6) is 1.19. The molecule has 0 radical (unpaired) electrons. The summed E-state index contributed by atoms with van der Waals surface area (Å²) in [6.45, 7) is 6.74. The Bertz CT molecular complexity index is 377. The smallest absolute Gasteiger partial charge is 0.147 e. The second kappa shape index (κ2) is 4.37. The van der Waals surface area contributed by atoms with Crippen LogP contribution < -0.4 is 5.32 Å². The molecule has 1 aliphatic rings. The SMILES string of the molecule is CCn1ccnc1CC(=O)C1(C)CCNC1. The number of ketones is 1. The van der Waals surface area contributed by atoms with Crippen molar-refractivity contribution in [3.63, 3.8) is 0 Å². The number of aryl methyl sites for hydroxylation is 1. The quantitative estimate of drug-likeness (QED) is 0.825. The maximum atomic E-state index is 12.2. The predicted molar refractivity (Wildman–Crippen MR) is 62.2 cm³/mol. The van der Waals surface area contributed by atoms with E-state index in [1.807, 2.05) is 10.8 Å². The van der Waals surface area contributed by atoms with E-state index in [-0.39, 0.29) is 5.41 Å². The normalized spacial score (nSPS) is 24.9. The largest absolute Gasteiger partial charge is 0.335 e. The first kappa shape index (κ1) is 11.3. The summed E-state index contributed by atoms with van der Waals surface area (Å²) in [7, 11) is 0. The summed E-state index contributed by atoms with van der Waals surface area (Å²) in [6.07, 6.45) is 5.09. The van der Waals surface area contributed by atoms with Gasteiger partial charge in [-0.3, -0.25) is 4.79 Å². The molecule has 4 nitrogen and oxygen atoms in total. The van der Waals surface area contributed by atoms with Crippen LogP contribution in [0.15, 0.2) is 12.4 Å². The fourth-order valence-electron chi connectivity index (χ4n) is 2.21. The van der Waals surface area contributed by atoms with Crippen molar-refractivity contribution < 1.29 is 4.79 Å². The van der Waals surface area contributed by atoms with Crippen LogP contribution in [0.5, 0.6) is 0 Å². The highest BCUT2D eigenvalue weighted by Gasteiger charge is 2.36. The van der Waals surface area contributed by atoms with E-state index in [1.54, 1.807) is 6.20 Å². The van der Waals surface area contributed by atoms with Crippen LogP contribution in [-0.2, 0) is 17.8 Å². The van der Waals surface area contributed by atoms with Gasteiger partial charge in [-0.25, -0.2) is 4.98 Å². The molecule has 2 rings (SSSR count). The number of Topliss-reactive ketones (excluding diaryl/α,β-unsaturated/α-hetero) is 1. The number of hydrogen-bond donors (Lipinski definition) is 1. The number of rotatable bonds is 4. The first-order valence-corrected chi connectivity index (χ1v) is 5.90. The van der Waals surface area contributed by atoms with E-state index in [9.17, 15) is 4.79 Å².